The van der Waals surface area contributed by atoms with Crippen LogP contribution in [0.25, 0.3) is 5.69 Å². The molecule has 1 aliphatic rings. The van der Waals surface area contributed by atoms with Crippen molar-refractivity contribution in [1.29, 1.82) is 0 Å². The van der Waals surface area contributed by atoms with Crippen LogP contribution in [0.1, 0.15) is 40.0 Å². The minimum absolute atomic E-state index is 0.123. The Hall–Kier alpha value is -4.05. The smallest absolute Gasteiger partial charge is 0.255 e. The number of hydrogen-bond acceptors (Lipinski definition) is 6. The summed E-state index contributed by atoms with van der Waals surface area (Å²) in [4.78, 5) is 38.7. The third-order valence-electron chi connectivity index (χ3n) is 5.88. The van der Waals surface area contributed by atoms with Gasteiger partial charge in [-0.25, -0.2) is 4.68 Å². The number of amides is 3. The Kier molecular flexibility index (Phi) is 8.63. The van der Waals surface area contributed by atoms with Crippen LogP contribution in [0.2, 0.25) is 5.02 Å². The molecule has 0 unspecified atom stereocenters. The number of methoxy groups -OCH3 is 1. The molecule has 0 saturated heterocycles. The summed E-state index contributed by atoms with van der Waals surface area (Å²) >= 11 is 6.31. The predicted molar refractivity (Wildman–Crippen MR) is 138 cm³/mol. The number of hydrogen-bond donors (Lipinski definition) is 3. The van der Waals surface area contributed by atoms with Crippen LogP contribution >= 0.6 is 11.6 Å². The van der Waals surface area contributed by atoms with Crippen LogP contribution in [0.4, 0.5) is 0 Å². The molecular formula is C26H28ClN5O5. The molecule has 194 valence electrons. The zero-order valence-electron chi connectivity index (χ0n) is 20.3. The molecule has 37 heavy (non-hydrogen) atoms. The molecule has 1 aliphatic heterocycles. The van der Waals surface area contributed by atoms with Gasteiger partial charge in [-0.3, -0.25) is 14.4 Å². The number of halogens is 1. The Morgan fingerprint density at radius 1 is 1.16 bits per heavy atom. The summed E-state index contributed by atoms with van der Waals surface area (Å²) in [6.45, 7) is 0.709. The quantitative estimate of drug-likeness (QED) is 0.481. The summed E-state index contributed by atoms with van der Waals surface area (Å²) in [6, 6.07) is 10.9. The van der Waals surface area contributed by atoms with Gasteiger partial charge in [-0.15, -0.1) is 0 Å². The van der Waals surface area contributed by atoms with Gasteiger partial charge >= 0.3 is 0 Å². The van der Waals surface area contributed by atoms with Gasteiger partial charge in [-0.1, -0.05) is 11.6 Å². The number of rotatable bonds is 4. The zero-order chi connectivity index (χ0) is 26.2. The molecule has 11 heteroatoms. The van der Waals surface area contributed by atoms with Gasteiger partial charge in [0.05, 0.1) is 35.5 Å². The van der Waals surface area contributed by atoms with E-state index < -0.39 is 11.9 Å². The van der Waals surface area contributed by atoms with Crippen molar-refractivity contribution in [2.24, 2.45) is 0 Å². The summed E-state index contributed by atoms with van der Waals surface area (Å²) in [7, 11) is 1.53. The lowest BCUT2D eigenvalue weighted by Gasteiger charge is -2.20. The largest absolute Gasteiger partial charge is 0.497 e. The van der Waals surface area contributed by atoms with Gasteiger partial charge in [0.25, 0.3) is 11.8 Å². The van der Waals surface area contributed by atoms with Crippen LogP contribution in [-0.2, 0) is 4.79 Å². The van der Waals surface area contributed by atoms with Gasteiger partial charge in [0.15, 0.2) is 0 Å². The maximum atomic E-state index is 13.1. The molecule has 3 N–H and O–H groups in total. The molecule has 0 fully saturated rings. The second kappa shape index (κ2) is 12.3. The Labute approximate surface area is 219 Å². The number of fused-ring (bicyclic) bond motifs is 1. The molecule has 1 atom stereocenters. The van der Waals surface area contributed by atoms with E-state index in [0.29, 0.717) is 48.6 Å². The lowest BCUT2D eigenvalue weighted by Crippen LogP contribution is -2.47. The van der Waals surface area contributed by atoms with E-state index in [1.165, 1.54) is 7.11 Å². The molecule has 2 heterocycles. The number of carbonyl (C=O) groups is 3. The third-order valence-corrected chi connectivity index (χ3v) is 6.21. The Balaban J connectivity index is 1.46. The molecule has 0 saturated carbocycles. The number of carbonyl (C=O) groups excluding carboxylic acids is 3. The minimum Gasteiger partial charge on any atom is -0.497 e. The summed E-state index contributed by atoms with van der Waals surface area (Å²) in [5.41, 5.74) is 1.30. The number of aromatic nitrogens is 2. The topological polar surface area (TPSA) is 124 Å². The van der Waals surface area contributed by atoms with Crippen molar-refractivity contribution in [1.82, 2.24) is 25.7 Å². The van der Waals surface area contributed by atoms with Crippen LogP contribution in [0.5, 0.6) is 11.5 Å². The van der Waals surface area contributed by atoms with E-state index in [1.807, 2.05) is 0 Å². The molecule has 0 radical (unpaired) electrons. The Morgan fingerprint density at radius 2 is 2.03 bits per heavy atom. The summed E-state index contributed by atoms with van der Waals surface area (Å²) in [6.07, 6.45) is 5.00. The normalized spacial score (nSPS) is 16.9. The van der Waals surface area contributed by atoms with Crippen LogP contribution in [0, 0.1) is 0 Å². The first-order valence-corrected chi connectivity index (χ1v) is 12.3. The molecular weight excluding hydrogens is 498 g/mol. The first-order chi connectivity index (χ1) is 18.0. The fraction of sp³-hybridized carbons (Fsp3) is 0.308. The highest BCUT2D eigenvalue weighted by Crippen LogP contribution is 2.25. The predicted octanol–water partition coefficient (Wildman–Crippen LogP) is 2.74. The molecule has 3 aromatic rings. The van der Waals surface area contributed by atoms with E-state index in [0.717, 1.165) is 0 Å². The minimum atomic E-state index is -0.789. The second-order valence-corrected chi connectivity index (χ2v) is 8.80. The first kappa shape index (κ1) is 26.0. The number of benzene rings is 2. The maximum absolute atomic E-state index is 13.1. The van der Waals surface area contributed by atoms with Crippen molar-refractivity contribution in [2.45, 2.75) is 25.3 Å². The van der Waals surface area contributed by atoms with Gasteiger partial charge in [-0.05, 0) is 55.7 Å². The Bertz CT molecular complexity index is 1260. The van der Waals surface area contributed by atoms with Crippen LogP contribution in [0.3, 0.4) is 0 Å². The average molecular weight is 526 g/mol. The van der Waals surface area contributed by atoms with Crippen molar-refractivity contribution >= 4 is 29.3 Å². The number of ether oxygens (including phenoxy) is 2. The maximum Gasteiger partial charge on any atom is 0.255 e. The van der Waals surface area contributed by atoms with E-state index in [2.05, 4.69) is 21.0 Å². The van der Waals surface area contributed by atoms with Crippen molar-refractivity contribution in [3.8, 4) is 17.2 Å². The van der Waals surface area contributed by atoms with Crippen molar-refractivity contribution in [3.05, 3.63) is 71.0 Å². The highest BCUT2D eigenvalue weighted by atomic mass is 35.5. The van der Waals surface area contributed by atoms with Crippen LogP contribution in [-0.4, -0.2) is 60.4 Å². The van der Waals surface area contributed by atoms with E-state index >= 15 is 0 Å². The van der Waals surface area contributed by atoms with Gasteiger partial charge in [-0.2, -0.15) is 5.10 Å². The van der Waals surface area contributed by atoms with Gasteiger partial charge in [0, 0.05) is 25.0 Å². The summed E-state index contributed by atoms with van der Waals surface area (Å²) < 4.78 is 12.6. The van der Waals surface area contributed by atoms with E-state index in [-0.39, 0.29) is 35.6 Å². The van der Waals surface area contributed by atoms with Crippen molar-refractivity contribution < 1.29 is 23.9 Å². The Morgan fingerprint density at radius 3 is 2.81 bits per heavy atom. The molecule has 10 nitrogen and oxygen atoms in total. The van der Waals surface area contributed by atoms with Gasteiger partial charge in [0.2, 0.25) is 5.91 Å². The molecule has 3 amide bonds. The number of nitrogens with zero attached hydrogens (tertiary/aromatic N) is 2. The molecule has 0 spiro atoms. The van der Waals surface area contributed by atoms with Gasteiger partial charge < -0.3 is 25.4 Å². The highest BCUT2D eigenvalue weighted by Gasteiger charge is 2.23. The van der Waals surface area contributed by atoms with Gasteiger partial charge in [0.1, 0.15) is 24.1 Å². The first-order valence-electron chi connectivity index (χ1n) is 11.9. The third kappa shape index (κ3) is 6.59. The standard InChI is InChI=1S/C26H28ClN5O5/c1-36-18-7-8-19-23(16-18)37-14-12-29-26(35)22(5-2-3-10-28-24(19)33)31-25(34)20-15-17(6-9-21(20)27)32-13-4-11-30-32/h4,6-9,11,13,15-16,22H,2-3,5,10,12,14H2,1H3,(H,28,33)(H,29,35)(H,31,34)/t22-/m0/s1. The molecule has 0 bridgehead atoms. The molecule has 1 aromatic heterocycles. The van der Waals surface area contributed by atoms with E-state index in [1.54, 1.807) is 59.5 Å². The van der Waals surface area contributed by atoms with Crippen molar-refractivity contribution in [2.75, 3.05) is 26.8 Å². The van der Waals surface area contributed by atoms with E-state index in [4.69, 9.17) is 21.1 Å². The monoisotopic (exact) mass is 525 g/mol. The highest BCUT2D eigenvalue weighted by molar-refractivity contribution is 6.34. The average Bonchev–Trinajstić information content (AvgIpc) is 3.44. The molecule has 4 rings (SSSR count). The fourth-order valence-electron chi connectivity index (χ4n) is 3.92. The number of nitrogens with one attached hydrogen (secondary N) is 3. The lowest BCUT2D eigenvalue weighted by atomic mass is 10.1. The summed E-state index contributed by atoms with van der Waals surface area (Å²) in [5.74, 6) is -0.140. The van der Waals surface area contributed by atoms with E-state index in [9.17, 15) is 14.4 Å². The van der Waals surface area contributed by atoms with Crippen LogP contribution < -0.4 is 25.4 Å². The second-order valence-electron chi connectivity index (χ2n) is 8.39. The molecule has 2 aromatic carbocycles. The fourth-order valence-corrected chi connectivity index (χ4v) is 4.13. The SMILES string of the molecule is COc1ccc2c(c1)OCCNC(=O)[C@@H](NC(=O)c1cc(-n3cccn3)ccc1Cl)CCCCNC2=O. The zero-order valence-corrected chi connectivity index (χ0v) is 21.1. The lowest BCUT2D eigenvalue weighted by molar-refractivity contribution is -0.123. The van der Waals surface area contributed by atoms with Crippen LogP contribution in [0.15, 0.2) is 54.9 Å². The summed E-state index contributed by atoms with van der Waals surface area (Å²) in [5, 5.41) is 12.9. The van der Waals surface area contributed by atoms with Crippen molar-refractivity contribution in [3.63, 3.8) is 0 Å². The molecule has 0 aliphatic carbocycles.